The quantitative estimate of drug-likeness (QED) is 0.499. The zero-order chi connectivity index (χ0) is 17.4. The second kappa shape index (κ2) is 5.79. The highest BCUT2D eigenvalue weighted by molar-refractivity contribution is 5.99. The van der Waals surface area contributed by atoms with Crippen LogP contribution in [0.4, 0.5) is 5.69 Å². The van der Waals surface area contributed by atoms with Gasteiger partial charge in [-0.2, -0.15) is 0 Å². The van der Waals surface area contributed by atoms with Crippen molar-refractivity contribution in [2.45, 2.75) is 6.54 Å². The second-order valence-corrected chi connectivity index (χ2v) is 5.74. The molecule has 0 spiro atoms. The van der Waals surface area contributed by atoms with Gasteiger partial charge < -0.3 is 19.9 Å². The van der Waals surface area contributed by atoms with Gasteiger partial charge in [-0.05, 0) is 24.3 Å². The summed E-state index contributed by atoms with van der Waals surface area (Å²) in [5.74, 6) is -0.226. The zero-order valence-electron chi connectivity index (χ0n) is 13.1. The third kappa shape index (κ3) is 2.72. The van der Waals surface area contributed by atoms with E-state index in [9.17, 15) is 14.4 Å². The van der Waals surface area contributed by atoms with Crippen molar-refractivity contribution in [1.29, 1.82) is 0 Å². The molecule has 0 aliphatic carbocycles. The monoisotopic (exact) mass is 334 g/mol. The average molecular weight is 334 g/mol. The number of anilines is 1. The average Bonchev–Trinajstić information content (AvgIpc) is 3.14. The Balaban J connectivity index is 1.59. The van der Waals surface area contributed by atoms with Gasteiger partial charge in [-0.15, -0.1) is 0 Å². The highest BCUT2D eigenvalue weighted by Crippen LogP contribution is 2.20. The van der Waals surface area contributed by atoms with E-state index in [4.69, 9.17) is 0 Å². The largest absolute Gasteiger partial charge is 0.337 e. The fourth-order valence-corrected chi connectivity index (χ4v) is 2.97. The smallest absolute Gasteiger partial charge is 0.323 e. The van der Waals surface area contributed by atoms with E-state index < -0.39 is 0 Å². The van der Waals surface area contributed by atoms with Crippen molar-refractivity contribution in [3.05, 3.63) is 64.7 Å². The van der Waals surface area contributed by atoms with Crippen molar-refractivity contribution in [1.82, 2.24) is 14.5 Å². The lowest BCUT2D eigenvalue weighted by atomic mass is 10.2. The summed E-state index contributed by atoms with van der Waals surface area (Å²) in [6.07, 6.45) is 2.46. The van der Waals surface area contributed by atoms with Gasteiger partial charge in [0, 0.05) is 28.4 Å². The fourth-order valence-electron chi connectivity index (χ4n) is 2.97. The van der Waals surface area contributed by atoms with Gasteiger partial charge >= 0.3 is 5.69 Å². The summed E-state index contributed by atoms with van der Waals surface area (Å²) in [6.45, 7) is 0.0794. The first kappa shape index (κ1) is 14.9. The standard InChI is InChI=1S/C18H14N4O3/c23-10-11-8-22(16-4-2-1-3-13(11)16)9-17(24)19-12-5-6-14-15(7-12)21-18(25)20-14/h1-8,10H,9H2,(H,19,24)(H2,20,21,25). The second-order valence-electron chi connectivity index (χ2n) is 5.74. The van der Waals surface area contributed by atoms with Crippen LogP contribution in [0.3, 0.4) is 0 Å². The molecular weight excluding hydrogens is 320 g/mol. The molecule has 0 saturated carbocycles. The predicted molar refractivity (Wildman–Crippen MR) is 94.9 cm³/mol. The summed E-state index contributed by atoms with van der Waals surface area (Å²) in [7, 11) is 0. The summed E-state index contributed by atoms with van der Waals surface area (Å²) in [5, 5.41) is 3.62. The number of rotatable bonds is 4. The van der Waals surface area contributed by atoms with Crippen LogP contribution in [0.25, 0.3) is 21.9 Å². The SMILES string of the molecule is O=Cc1cn(CC(=O)Nc2ccc3[nH]c(=O)[nH]c3c2)c2ccccc12. The maximum atomic E-state index is 12.4. The molecule has 0 aliphatic heterocycles. The lowest BCUT2D eigenvalue weighted by Crippen LogP contribution is -2.18. The Morgan fingerprint density at radius 2 is 1.92 bits per heavy atom. The molecule has 25 heavy (non-hydrogen) atoms. The number of fused-ring (bicyclic) bond motifs is 2. The molecule has 2 heterocycles. The van der Waals surface area contributed by atoms with E-state index in [2.05, 4.69) is 15.3 Å². The van der Waals surface area contributed by atoms with E-state index in [1.807, 2.05) is 24.3 Å². The molecule has 4 rings (SSSR count). The van der Waals surface area contributed by atoms with Crippen molar-refractivity contribution >= 4 is 39.8 Å². The summed E-state index contributed by atoms with van der Waals surface area (Å²) < 4.78 is 1.74. The van der Waals surface area contributed by atoms with Crippen LogP contribution in [0.5, 0.6) is 0 Å². The Labute approximate surface area is 141 Å². The highest BCUT2D eigenvalue weighted by Gasteiger charge is 2.11. The number of nitrogens with zero attached hydrogens (tertiary/aromatic N) is 1. The van der Waals surface area contributed by atoms with Gasteiger partial charge in [0.15, 0.2) is 6.29 Å². The minimum atomic E-state index is -0.293. The minimum Gasteiger partial charge on any atom is -0.337 e. The molecule has 0 atom stereocenters. The van der Waals surface area contributed by atoms with Gasteiger partial charge in [0.2, 0.25) is 5.91 Å². The van der Waals surface area contributed by atoms with Gasteiger partial charge in [0.05, 0.1) is 11.0 Å². The Kier molecular flexibility index (Phi) is 3.46. The van der Waals surface area contributed by atoms with E-state index >= 15 is 0 Å². The Bertz CT molecular complexity index is 1170. The maximum absolute atomic E-state index is 12.4. The number of para-hydroxylation sites is 1. The number of aromatic amines is 2. The van der Waals surface area contributed by atoms with Gasteiger partial charge in [-0.25, -0.2) is 4.79 Å². The number of carbonyl (C=O) groups excluding carboxylic acids is 2. The third-order valence-corrected chi connectivity index (χ3v) is 4.06. The van der Waals surface area contributed by atoms with Crippen LogP contribution in [0.15, 0.2) is 53.5 Å². The lowest BCUT2D eigenvalue weighted by Gasteiger charge is -2.07. The molecule has 2 aromatic carbocycles. The van der Waals surface area contributed by atoms with Crippen molar-refractivity contribution in [3.63, 3.8) is 0 Å². The number of aldehydes is 1. The first-order valence-electron chi connectivity index (χ1n) is 7.69. The van der Waals surface area contributed by atoms with Crippen LogP contribution in [0.2, 0.25) is 0 Å². The van der Waals surface area contributed by atoms with Gasteiger partial charge in [-0.1, -0.05) is 18.2 Å². The number of nitrogens with one attached hydrogen (secondary N) is 3. The normalized spacial score (nSPS) is 11.0. The molecule has 7 nitrogen and oxygen atoms in total. The van der Waals surface area contributed by atoms with Gasteiger partial charge in [0.25, 0.3) is 0 Å². The summed E-state index contributed by atoms with van der Waals surface area (Å²) in [5.41, 5.74) is 2.96. The molecule has 7 heteroatoms. The first-order chi connectivity index (χ1) is 12.1. The molecule has 124 valence electrons. The molecule has 0 aliphatic rings. The van der Waals surface area contributed by atoms with E-state index in [1.54, 1.807) is 29.0 Å². The molecule has 0 unspecified atom stereocenters. The molecule has 0 fully saturated rings. The van der Waals surface area contributed by atoms with Crippen LogP contribution in [-0.2, 0) is 11.3 Å². The molecule has 3 N–H and O–H groups in total. The topological polar surface area (TPSA) is 99.8 Å². The predicted octanol–water partition coefficient (Wildman–Crippen LogP) is 2.26. The number of amides is 1. The first-order valence-corrected chi connectivity index (χ1v) is 7.69. The summed E-state index contributed by atoms with van der Waals surface area (Å²) in [4.78, 5) is 40.1. The van der Waals surface area contributed by atoms with Gasteiger partial charge in [-0.3, -0.25) is 9.59 Å². The van der Waals surface area contributed by atoms with Crippen LogP contribution < -0.4 is 11.0 Å². The molecule has 1 amide bonds. The fraction of sp³-hybridized carbons (Fsp3) is 0.0556. The van der Waals surface area contributed by atoms with E-state index in [0.29, 0.717) is 22.3 Å². The van der Waals surface area contributed by atoms with Crippen molar-refractivity contribution in [2.24, 2.45) is 0 Å². The molecular formula is C18H14N4O3. The van der Waals surface area contributed by atoms with Crippen LogP contribution in [0, 0.1) is 0 Å². The number of hydrogen-bond donors (Lipinski definition) is 3. The third-order valence-electron chi connectivity index (χ3n) is 4.06. The number of hydrogen-bond acceptors (Lipinski definition) is 3. The van der Waals surface area contributed by atoms with Crippen LogP contribution >= 0.6 is 0 Å². The summed E-state index contributed by atoms with van der Waals surface area (Å²) >= 11 is 0. The van der Waals surface area contributed by atoms with E-state index in [1.165, 1.54) is 0 Å². The molecule has 2 aromatic heterocycles. The number of H-pyrrole nitrogens is 2. The Morgan fingerprint density at radius 1 is 1.12 bits per heavy atom. The zero-order valence-corrected chi connectivity index (χ0v) is 13.1. The van der Waals surface area contributed by atoms with Crippen molar-refractivity contribution in [3.8, 4) is 0 Å². The van der Waals surface area contributed by atoms with E-state index in [-0.39, 0.29) is 18.1 Å². The lowest BCUT2D eigenvalue weighted by molar-refractivity contribution is -0.116. The van der Waals surface area contributed by atoms with Gasteiger partial charge in [0.1, 0.15) is 6.54 Å². The van der Waals surface area contributed by atoms with Crippen molar-refractivity contribution < 1.29 is 9.59 Å². The van der Waals surface area contributed by atoms with E-state index in [0.717, 1.165) is 17.2 Å². The number of carbonyl (C=O) groups is 2. The highest BCUT2D eigenvalue weighted by atomic mass is 16.2. The minimum absolute atomic E-state index is 0.0794. The number of aromatic nitrogens is 3. The Morgan fingerprint density at radius 3 is 2.76 bits per heavy atom. The number of benzene rings is 2. The molecule has 0 radical (unpaired) electrons. The molecule has 4 aromatic rings. The number of imidazole rings is 1. The molecule has 0 bridgehead atoms. The van der Waals surface area contributed by atoms with Crippen molar-refractivity contribution in [2.75, 3.05) is 5.32 Å². The molecule has 0 saturated heterocycles. The summed E-state index contributed by atoms with van der Waals surface area (Å²) in [6, 6.07) is 12.6. The maximum Gasteiger partial charge on any atom is 0.323 e. The Hall–Kier alpha value is -3.61. The van der Waals surface area contributed by atoms with Crippen LogP contribution in [0.1, 0.15) is 10.4 Å². The van der Waals surface area contributed by atoms with Crippen LogP contribution in [-0.4, -0.2) is 26.7 Å².